The lowest BCUT2D eigenvalue weighted by molar-refractivity contribution is -0.128. The molecule has 0 unspecified atom stereocenters. The number of anilines is 1. The third-order valence-electron chi connectivity index (χ3n) is 7.86. The summed E-state index contributed by atoms with van der Waals surface area (Å²) >= 11 is 0. The number of nitrogens with one attached hydrogen (secondary N) is 2. The lowest BCUT2D eigenvalue weighted by Gasteiger charge is -2.24. The van der Waals surface area contributed by atoms with Crippen molar-refractivity contribution in [3.05, 3.63) is 41.2 Å². The number of H-pyrrole nitrogens is 2. The van der Waals surface area contributed by atoms with Crippen molar-refractivity contribution in [2.45, 2.75) is 46.0 Å². The minimum Gasteiger partial charge on any atom is -0.337 e. The molecule has 3 aliphatic rings. The van der Waals surface area contributed by atoms with Crippen LogP contribution in [-0.2, 0) is 22.4 Å². The van der Waals surface area contributed by atoms with E-state index in [1.54, 1.807) is 11.9 Å². The van der Waals surface area contributed by atoms with Gasteiger partial charge in [-0.2, -0.15) is 5.10 Å². The third-order valence-corrected chi connectivity index (χ3v) is 7.86. The first-order valence-electron chi connectivity index (χ1n) is 11.6. The summed E-state index contributed by atoms with van der Waals surface area (Å²) in [7, 11) is 1.72. The number of hydrogen-bond acceptors (Lipinski definition) is 4. The Morgan fingerprint density at radius 2 is 2.18 bits per heavy atom. The number of carbonyl (C=O) groups is 2. The summed E-state index contributed by atoms with van der Waals surface area (Å²) in [6, 6.07) is 3.92. The van der Waals surface area contributed by atoms with Gasteiger partial charge in [-0.1, -0.05) is 13.5 Å². The van der Waals surface area contributed by atoms with Crippen molar-refractivity contribution in [2.24, 2.45) is 11.3 Å². The van der Waals surface area contributed by atoms with Crippen molar-refractivity contribution < 1.29 is 9.59 Å². The number of fused-ring (bicyclic) bond motifs is 3. The largest absolute Gasteiger partial charge is 0.337 e. The van der Waals surface area contributed by atoms with Crippen LogP contribution in [0, 0.1) is 18.3 Å². The molecule has 2 fully saturated rings. The van der Waals surface area contributed by atoms with E-state index in [-0.39, 0.29) is 17.5 Å². The molecule has 8 nitrogen and oxygen atoms in total. The van der Waals surface area contributed by atoms with Gasteiger partial charge in [0.25, 0.3) is 5.91 Å². The molecule has 3 heterocycles. The fourth-order valence-corrected chi connectivity index (χ4v) is 5.63. The van der Waals surface area contributed by atoms with Crippen molar-refractivity contribution in [1.29, 1.82) is 0 Å². The number of aromatic amines is 2. The maximum atomic E-state index is 13.1. The lowest BCUT2D eigenvalue weighted by Crippen LogP contribution is -2.36. The van der Waals surface area contributed by atoms with Gasteiger partial charge in [-0.25, -0.2) is 4.98 Å². The van der Waals surface area contributed by atoms with Crippen LogP contribution in [0.15, 0.2) is 24.4 Å². The number of hydrogen-bond donors (Lipinski definition) is 2. The van der Waals surface area contributed by atoms with Gasteiger partial charge in [0.1, 0.15) is 11.4 Å². The number of aryl methyl sites for hydroxylation is 1. The van der Waals surface area contributed by atoms with Gasteiger partial charge < -0.3 is 14.8 Å². The van der Waals surface area contributed by atoms with E-state index in [4.69, 9.17) is 4.98 Å². The van der Waals surface area contributed by atoms with Crippen LogP contribution < -0.4 is 4.90 Å². The average molecular weight is 445 g/mol. The van der Waals surface area contributed by atoms with Crippen molar-refractivity contribution in [3.63, 3.8) is 0 Å². The Hall–Kier alpha value is -3.42. The number of aromatic nitrogens is 4. The number of benzene rings is 1. The van der Waals surface area contributed by atoms with Gasteiger partial charge in [0.2, 0.25) is 5.91 Å². The summed E-state index contributed by atoms with van der Waals surface area (Å²) in [5.41, 5.74) is 7.45. The van der Waals surface area contributed by atoms with E-state index in [9.17, 15) is 9.59 Å². The topological polar surface area (TPSA) is 98.0 Å². The van der Waals surface area contributed by atoms with Gasteiger partial charge in [0.05, 0.1) is 11.0 Å². The minimum absolute atomic E-state index is 0.0408. The molecule has 0 radical (unpaired) electrons. The van der Waals surface area contributed by atoms with Crippen LogP contribution in [0.3, 0.4) is 0 Å². The van der Waals surface area contributed by atoms with E-state index in [2.05, 4.69) is 28.7 Å². The van der Waals surface area contributed by atoms with Gasteiger partial charge in [0.15, 0.2) is 5.82 Å². The predicted molar refractivity (Wildman–Crippen MR) is 126 cm³/mol. The van der Waals surface area contributed by atoms with Gasteiger partial charge in [-0.3, -0.25) is 14.7 Å². The summed E-state index contributed by atoms with van der Waals surface area (Å²) in [6.45, 7) is 8.77. The zero-order chi connectivity index (χ0) is 23.1. The number of rotatable bonds is 4. The first-order chi connectivity index (χ1) is 15.7. The lowest BCUT2D eigenvalue weighted by atomic mass is 9.88. The van der Waals surface area contributed by atoms with Crippen molar-refractivity contribution in [2.75, 3.05) is 18.5 Å². The molecule has 6 rings (SSSR count). The molecule has 1 saturated heterocycles. The van der Waals surface area contributed by atoms with E-state index in [0.29, 0.717) is 18.4 Å². The number of likely N-dealkylation sites (tertiary alicyclic amines) is 1. The highest BCUT2D eigenvalue weighted by atomic mass is 16.2. The number of carbonyl (C=O) groups excluding carboxylic acids is 2. The maximum absolute atomic E-state index is 13.1. The summed E-state index contributed by atoms with van der Waals surface area (Å²) < 4.78 is 0. The van der Waals surface area contributed by atoms with Crippen LogP contribution in [0.2, 0.25) is 0 Å². The Morgan fingerprint density at radius 1 is 1.36 bits per heavy atom. The monoisotopic (exact) mass is 444 g/mol. The standard InChI is InChI=1S/C25H28N6O2/c1-13-8-17-18(10-20(13)30(4)24(33)14(2)31-7-5-6-21(31)32)27-23(26-17)22-16-9-15-11-25(15,3)12-19(16)28-29-22/h8,10,15H,2,5-7,9,11-12H2,1,3-4H3,(H,26,27)(H,28,29)/t15-,25-/m1/s1. The van der Waals surface area contributed by atoms with E-state index in [0.717, 1.165) is 59.0 Å². The van der Waals surface area contributed by atoms with Crippen LogP contribution in [0.5, 0.6) is 0 Å². The quantitative estimate of drug-likeness (QED) is 0.602. The molecule has 2 N–H and O–H groups in total. The summed E-state index contributed by atoms with van der Waals surface area (Å²) in [4.78, 5) is 36.4. The first kappa shape index (κ1) is 20.2. The molecule has 2 aliphatic carbocycles. The fraction of sp³-hybridized carbons (Fsp3) is 0.440. The van der Waals surface area contributed by atoms with Crippen LogP contribution in [-0.4, -0.2) is 50.5 Å². The van der Waals surface area contributed by atoms with Gasteiger partial charge >= 0.3 is 0 Å². The molecular weight excluding hydrogens is 416 g/mol. The molecule has 1 saturated carbocycles. The van der Waals surface area contributed by atoms with E-state index < -0.39 is 0 Å². The Morgan fingerprint density at radius 3 is 2.94 bits per heavy atom. The van der Waals surface area contributed by atoms with Crippen molar-refractivity contribution >= 4 is 28.5 Å². The highest BCUT2D eigenvalue weighted by molar-refractivity contribution is 6.08. The molecular formula is C25H28N6O2. The molecule has 2 aromatic heterocycles. The second-order valence-corrected chi connectivity index (χ2v) is 10.2. The van der Waals surface area contributed by atoms with Crippen LogP contribution >= 0.6 is 0 Å². The van der Waals surface area contributed by atoms with Crippen LogP contribution in [0.25, 0.3) is 22.6 Å². The minimum atomic E-state index is -0.277. The van der Waals surface area contributed by atoms with E-state index in [1.807, 2.05) is 19.1 Å². The molecule has 0 spiro atoms. The van der Waals surface area contributed by atoms with Gasteiger partial charge in [-0.15, -0.1) is 0 Å². The number of nitrogens with zero attached hydrogens (tertiary/aromatic N) is 4. The molecule has 1 aromatic carbocycles. The Bertz CT molecular complexity index is 1350. The number of imidazole rings is 1. The SMILES string of the molecule is C=C(C(=O)N(C)c1cc2[nH]c(-c3n[nH]c4c3C[C@@H]3C[C@]3(C)C4)nc2cc1C)N1CCCC1=O. The molecule has 1 aliphatic heterocycles. The molecule has 0 bridgehead atoms. The van der Waals surface area contributed by atoms with Gasteiger partial charge in [0, 0.05) is 37.0 Å². The highest BCUT2D eigenvalue weighted by Crippen LogP contribution is 2.59. The summed E-state index contributed by atoms with van der Waals surface area (Å²) in [5, 5.41) is 7.84. The predicted octanol–water partition coefficient (Wildman–Crippen LogP) is 3.49. The normalized spacial score (nSPS) is 23.5. The molecule has 2 atom stereocenters. The number of amides is 2. The Kier molecular flexibility index (Phi) is 4.16. The van der Waals surface area contributed by atoms with Crippen molar-refractivity contribution in [3.8, 4) is 11.5 Å². The van der Waals surface area contributed by atoms with Gasteiger partial charge in [-0.05, 0) is 61.6 Å². The maximum Gasteiger partial charge on any atom is 0.274 e. The second kappa shape index (κ2) is 6.79. The van der Waals surface area contributed by atoms with E-state index in [1.165, 1.54) is 22.6 Å². The second-order valence-electron chi connectivity index (χ2n) is 10.2. The average Bonchev–Trinajstić information content (AvgIpc) is 3.15. The Balaban J connectivity index is 1.31. The summed E-state index contributed by atoms with van der Waals surface area (Å²) in [6.07, 6.45) is 4.61. The van der Waals surface area contributed by atoms with Crippen LogP contribution in [0.4, 0.5) is 5.69 Å². The van der Waals surface area contributed by atoms with Crippen LogP contribution in [0.1, 0.15) is 43.0 Å². The zero-order valence-corrected chi connectivity index (χ0v) is 19.3. The molecule has 170 valence electrons. The zero-order valence-electron chi connectivity index (χ0n) is 19.3. The molecule has 3 aromatic rings. The fourth-order valence-electron chi connectivity index (χ4n) is 5.63. The number of likely N-dealkylation sites (N-methyl/N-ethyl adjacent to an activating group) is 1. The Labute approximate surface area is 192 Å². The highest BCUT2D eigenvalue weighted by Gasteiger charge is 2.53. The first-order valence-corrected chi connectivity index (χ1v) is 11.6. The van der Waals surface area contributed by atoms with Crippen molar-refractivity contribution in [1.82, 2.24) is 25.1 Å². The molecule has 8 heteroatoms. The third kappa shape index (κ3) is 3.03. The molecule has 2 amide bonds. The summed E-state index contributed by atoms with van der Waals surface area (Å²) in [5.74, 6) is 1.18. The molecule has 33 heavy (non-hydrogen) atoms. The van der Waals surface area contributed by atoms with E-state index >= 15 is 0 Å². The smallest absolute Gasteiger partial charge is 0.274 e.